The minimum absolute atomic E-state index is 0.697. The van der Waals surface area contributed by atoms with E-state index in [0.717, 1.165) is 0 Å². The number of hydrogen-bond acceptors (Lipinski definition) is 7. The van der Waals surface area contributed by atoms with Gasteiger partial charge in [-0.2, -0.15) is 9.78 Å². The fourth-order valence-electron chi connectivity index (χ4n) is 0.979. The maximum Gasteiger partial charge on any atom is 0.339 e. The van der Waals surface area contributed by atoms with Crippen LogP contribution in [-0.4, -0.2) is 57.4 Å². The molecule has 4 atom stereocenters. The zero-order valence-corrected chi connectivity index (χ0v) is 6.94. The topological polar surface area (TPSA) is 126 Å². The van der Waals surface area contributed by atoms with E-state index < -0.39 is 37.0 Å². The smallest absolute Gasteiger partial charge is 0.339 e. The molecule has 1 fully saturated rings. The van der Waals surface area contributed by atoms with Gasteiger partial charge < -0.3 is 20.4 Å². The molecule has 8 heteroatoms. The monoisotopic (exact) mass is 210 g/mol. The Kier molecular flexibility index (Phi) is 3.75. The number of carboxylic acid groups (broad SMARTS) is 1. The van der Waals surface area contributed by atoms with Crippen molar-refractivity contribution in [2.24, 2.45) is 0 Å². The zero-order valence-electron chi connectivity index (χ0n) is 6.94. The van der Waals surface area contributed by atoms with Crippen LogP contribution in [0.2, 0.25) is 0 Å². The van der Waals surface area contributed by atoms with Gasteiger partial charge in [0.05, 0.1) is 6.61 Å². The number of carbonyl (C=O) groups is 1. The van der Waals surface area contributed by atoms with Gasteiger partial charge >= 0.3 is 5.97 Å². The normalized spacial score (nSPS) is 35.2. The Balaban J connectivity index is 2.65. The van der Waals surface area contributed by atoms with Gasteiger partial charge in [-0.25, -0.2) is 4.79 Å². The van der Waals surface area contributed by atoms with Crippen molar-refractivity contribution in [1.82, 2.24) is 0 Å². The predicted molar refractivity (Wildman–Crippen MR) is 37.6 cm³/mol. The van der Waals surface area contributed by atoms with Gasteiger partial charge in [0.1, 0.15) is 12.2 Å². The highest BCUT2D eigenvalue weighted by molar-refractivity contribution is 5.73. The molecule has 8 nitrogen and oxygen atoms in total. The molecule has 0 radical (unpaired) electrons. The Labute approximate surface area is 78.1 Å². The Morgan fingerprint density at radius 2 is 2.07 bits per heavy atom. The number of carboxylic acids is 1. The maximum atomic E-state index is 10.5. The third-order valence-corrected chi connectivity index (χ3v) is 1.75. The second kappa shape index (κ2) is 4.64. The minimum Gasteiger partial charge on any atom is -0.479 e. The summed E-state index contributed by atoms with van der Waals surface area (Å²) in [5, 5.41) is 39.4. The van der Waals surface area contributed by atoms with Crippen molar-refractivity contribution in [3.8, 4) is 0 Å². The lowest BCUT2D eigenvalue weighted by Crippen LogP contribution is -2.54. The number of aliphatic hydroxyl groups excluding tert-OH is 3. The van der Waals surface area contributed by atoms with Crippen LogP contribution in [0.3, 0.4) is 0 Å². The molecule has 14 heavy (non-hydrogen) atoms. The third-order valence-electron chi connectivity index (χ3n) is 1.75. The Morgan fingerprint density at radius 3 is 2.57 bits per heavy atom. The van der Waals surface area contributed by atoms with Crippen LogP contribution in [0.15, 0.2) is 0 Å². The predicted octanol–water partition coefficient (Wildman–Crippen LogP) is -2.58. The molecule has 1 aliphatic rings. The van der Waals surface area contributed by atoms with Crippen LogP contribution in [0, 0.1) is 0 Å². The summed E-state index contributed by atoms with van der Waals surface area (Å²) in [6.07, 6.45) is -6.09. The summed E-state index contributed by atoms with van der Waals surface area (Å²) in [4.78, 5) is 18.8. The average Bonchev–Trinajstić information content (AvgIpc) is 2.16. The molecule has 0 aromatic carbocycles. The molecule has 4 N–H and O–H groups in total. The van der Waals surface area contributed by atoms with Gasteiger partial charge in [0.25, 0.3) is 0 Å². The molecular weight excluding hydrogens is 200 g/mol. The molecule has 1 saturated heterocycles. The van der Waals surface area contributed by atoms with E-state index in [0.29, 0.717) is 0 Å². The van der Waals surface area contributed by atoms with Crippen molar-refractivity contribution in [2.75, 3.05) is 6.61 Å². The minimum atomic E-state index is -1.66. The summed E-state index contributed by atoms with van der Waals surface area (Å²) in [5.41, 5.74) is 0. The van der Waals surface area contributed by atoms with Crippen LogP contribution in [0.25, 0.3) is 0 Å². The van der Waals surface area contributed by atoms with Crippen LogP contribution in [-0.2, 0) is 19.6 Å². The molecular formula is C6H10O8. The first kappa shape index (κ1) is 11.3. The SMILES string of the molecule is O=C(O)[C@@H]1OOO[C@@H]([C@H](O)CO)[C@H]1O. The van der Waals surface area contributed by atoms with Crippen LogP contribution in [0.1, 0.15) is 0 Å². The Bertz CT molecular complexity index is 206. The van der Waals surface area contributed by atoms with Crippen LogP contribution < -0.4 is 0 Å². The van der Waals surface area contributed by atoms with Gasteiger partial charge in [-0.15, -0.1) is 0 Å². The first-order valence-corrected chi connectivity index (χ1v) is 3.76. The molecule has 0 aromatic rings. The first-order chi connectivity index (χ1) is 6.57. The van der Waals surface area contributed by atoms with Crippen LogP contribution in [0.4, 0.5) is 0 Å². The third kappa shape index (κ3) is 2.18. The molecule has 82 valence electrons. The van der Waals surface area contributed by atoms with Crippen LogP contribution in [0.5, 0.6) is 0 Å². The van der Waals surface area contributed by atoms with Crippen LogP contribution >= 0.6 is 0 Å². The van der Waals surface area contributed by atoms with Gasteiger partial charge in [0.2, 0.25) is 6.10 Å². The van der Waals surface area contributed by atoms with Gasteiger partial charge in [-0.3, -0.25) is 0 Å². The molecule has 0 unspecified atom stereocenters. The second-order valence-corrected chi connectivity index (χ2v) is 2.72. The van der Waals surface area contributed by atoms with Gasteiger partial charge in [-0.1, -0.05) is 5.04 Å². The molecule has 0 amide bonds. The first-order valence-electron chi connectivity index (χ1n) is 3.76. The highest BCUT2D eigenvalue weighted by atomic mass is 17.5. The van der Waals surface area contributed by atoms with E-state index in [1.807, 2.05) is 0 Å². The van der Waals surface area contributed by atoms with Gasteiger partial charge in [-0.05, 0) is 0 Å². The molecule has 1 aliphatic heterocycles. The Morgan fingerprint density at radius 1 is 1.43 bits per heavy atom. The molecule has 0 bridgehead atoms. The summed E-state index contributed by atoms with van der Waals surface area (Å²) in [6.45, 7) is -0.697. The molecule has 1 heterocycles. The highest BCUT2D eigenvalue weighted by Gasteiger charge is 2.43. The van der Waals surface area contributed by atoms with Crippen molar-refractivity contribution in [3.05, 3.63) is 0 Å². The fourth-order valence-corrected chi connectivity index (χ4v) is 0.979. The van der Waals surface area contributed by atoms with E-state index in [-0.39, 0.29) is 0 Å². The van der Waals surface area contributed by atoms with Gasteiger partial charge in [0.15, 0.2) is 6.10 Å². The number of aliphatic hydroxyl groups is 3. The number of hydrogen-bond donors (Lipinski definition) is 4. The highest BCUT2D eigenvalue weighted by Crippen LogP contribution is 2.18. The van der Waals surface area contributed by atoms with Crippen molar-refractivity contribution >= 4 is 5.97 Å². The van der Waals surface area contributed by atoms with Crippen molar-refractivity contribution in [3.63, 3.8) is 0 Å². The quantitative estimate of drug-likeness (QED) is 0.374. The van der Waals surface area contributed by atoms with E-state index in [1.165, 1.54) is 0 Å². The maximum absolute atomic E-state index is 10.5. The summed E-state index contributed by atoms with van der Waals surface area (Å²) in [6, 6.07) is 0. The lowest BCUT2D eigenvalue weighted by atomic mass is 10.0. The molecule has 0 spiro atoms. The number of rotatable bonds is 3. The lowest BCUT2D eigenvalue weighted by molar-refractivity contribution is -0.576. The van der Waals surface area contributed by atoms with Crippen molar-refractivity contribution < 1.29 is 40.0 Å². The Hall–Kier alpha value is -0.770. The van der Waals surface area contributed by atoms with Gasteiger partial charge in [0, 0.05) is 0 Å². The van der Waals surface area contributed by atoms with Crippen molar-refractivity contribution in [2.45, 2.75) is 24.4 Å². The summed E-state index contributed by atoms with van der Waals surface area (Å²) >= 11 is 0. The molecule has 0 aliphatic carbocycles. The summed E-state index contributed by atoms with van der Waals surface area (Å²) in [7, 11) is 0. The summed E-state index contributed by atoms with van der Waals surface area (Å²) in [5.74, 6) is -1.46. The van der Waals surface area contributed by atoms with E-state index in [9.17, 15) is 9.90 Å². The molecule has 1 rings (SSSR count). The number of aliphatic carboxylic acids is 1. The summed E-state index contributed by atoms with van der Waals surface area (Å²) < 4.78 is 0. The fraction of sp³-hybridized carbons (Fsp3) is 0.833. The largest absolute Gasteiger partial charge is 0.479 e. The standard InChI is InChI=1S/C6H10O8/c7-1-2(8)4-3(9)5(6(10)11)13-14-12-4/h2-5,7-9H,1H2,(H,10,11)/t2-,3-,4+,5-/m1/s1. The van der Waals surface area contributed by atoms with E-state index in [4.69, 9.17) is 15.3 Å². The van der Waals surface area contributed by atoms with Crippen molar-refractivity contribution in [1.29, 1.82) is 0 Å². The van der Waals surface area contributed by atoms with E-state index >= 15 is 0 Å². The molecule has 0 aromatic heterocycles. The van der Waals surface area contributed by atoms with E-state index in [1.54, 1.807) is 0 Å². The molecule has 0 saturated carbocycles. The van der Waals surface area contributed by atoms with E-state index in [2.05, 4.69) is 14.8 Å². The lowest BCUT2D eigenvalue weighted by Gasteiger charge is -2.31. The zero-order chi connectivity index (χ0) is 10.7. The second-order valence-electron chi connectivity index (χ2n) is 2.72. The average molecular weight is 210 g/mol.